The van der Waals surface area contributed by atoms with Gasteiger partial charge in [0.05, 0.1) is 4.92 Å². The highest BCUT2D eigenvalue weighted by Crippen LogP contribution is 2.57. The maximum atomic E-state index is 14.0. The molecule has 2 N–H and O–H groups in total. The summed E-state index contributed by atoms with van der Waals surface area (Å²) in [4.78, 5) is 14.2. The third-order valence-electron chi connectivity index (χ3n) is 3.87. The van der Waals surface area contributed by atoms with Gasteiger partial charge in [-0.2, -0.15) is 0 Å². The molecule has 1 saturated carbocycles. The van der Waals surface area contributed by atoms with E-state index in [4.69, 9.17) is 5.73 Å². The van der Waals surface area contributed by atoms with Crippen LogP contribution in [0.15, 0.2) is 23.2 Å². The first-order valence-electron chi connectivity index (χ1n) is 5.97. The van der Waals surface area contributed by atoms with E-state index >= 15 is 0 Å². The lowest BCUT2D eigenvalue weighted by Gasteiger charge is -2.26. The van der Waals surface area contributed by atoms with E-state index in [1.807, 2.05) is 0 Å². The number of non-ortho nitro benzene ring substituents is 1. The first-order chi connectivity index (χ1) is 9.70. The van der Waals surface area contributed by atoms with Gasteiger partial charge in [0, 0.05) is 24.7 Å². The lowest BCUT2D eigenvalue weighted by molar-refractivity contribution is -0.385. The summed E-state index contributed by atoms with van der Waals surface area (Å²) in [6, 6.07) is 2.98. The van der Waals surface area contributed by atoms with E-state index < -0.39 is 31.6 Å². The van der Waals surface area contributed by atoms with Gasteiger partial charge in [0.1, 0.15) is 16.6 Å². The third kappa shape index (κ3) is 1.71. The third-order valence-corrected chi connectivity index (χ3v) is 6.10. The molecule has 2 atom stereocenters. The number of nitrogens with zero attached hydrogens (tertiary/aromatic N) is 3. The van der Waals surface area contributed by atoms with Crippen LogP contribution in [0.3, 0.4) is 0 Å². The Labute approximate surface area is 119 Å². The Morgan fingerprint density at radius 3 is 2.86 bits per heavy atom. The van der Waals surface area contributed by atoms with Crippen LogP contribution in [0.2, 0.25) is 0 Å². The number of nitrogens with two attached hydrogens (primary N) is 1. The Balaban J connectivity index is 2.19. The zero-order chi connectivity index (χ0) is 15.6. The van der Waals surface area contributed by atoms with Crippen molar-refractivity contribution >= 4 is 21.7 Å². The van der Waals surface area contributed by atoms with Gasteiger partial charge in [-0.1, -0.05) is 0 Å². The fourth-order valence-electron chi connectivity index (χ4n) is 2.59. The zero-order valence-electron chi connectivity index (χ0n) is 10.9. The van der Waals surface area contributed by atoms with Crippen LogP contribution in [0.4, 0.5) is 10.1 Å². The molecule has 0 amide bonds. The molecular formula is C11H11FN4O4S. The van der Waals surface area contributed by atoms with Gasteiger partial charge in [-0.15, -0.1) is 0 Å². The van der Waals surface area contributed by atoms with Crippen molar-refractivity contribution in [3.8, 4) is 0 Å². The molecule has 8 nitrogen and oxygen atoms in total. The van der Waals surface area contributed by atoms with E-state index in [1.54, 1.807) is 0 Å². The second-order valence-electron chi connectivity index (χ2n) is 5.02. The van der Waals surface area contributed by atoms with Crippen LogP contribution in [0.5, 0.6) is 0 Å². The van der Waals surface area contributed by atoms with Crippen LogP contribution in [-0.2, 0) is 15.6 Å². The summed E-state index contributed by atoms with van der Waals surface area (Å²) >= 11 is 0. The lowest BCUT2D eigenvalue weighted by Crippen LogP contribution is -2.46. The number of rotatable bonds is 2. The van der Waals surface area contributed by atoms with E-state index in [-0.39, 0.29) is 23.6 Å². The van der Waals surface area contributed by atoms with Crippen molar-refractivity contribution < 1.29 is 17.7 Å². The molecule has 2 aliphatic rings. The van der Waals surface area contributed by atoms with Crippen molar-refractivity contribution in [1.29, 1.82) is 0 Å². The minimum Gasteiger partial charge on any atom is -0.369 e. The van der Waals surface area contributed by atoms with Gasteiger partial charge in [-0.25, -0.2) is 22.1 Å². The molecule has 21 heavy (non-hydrogen) atoms. The number of halogens is 1. The molecule has 0 saturated heterocycles. The van der Waals surface area contributed by atoms with Crippen molar-refractivity contribution in [2.75, 3.05) is 7.05 Å². The Bertz CT molecular complexity index is 793. The molecule has 1 heterocycles. The quantitative estimate of drug-likeness (QED) is 0.621. The minimum atomic E-state index is -3.73. The summed E-state index contributed by atoms with van der Waals surface area (Å²) in [5.41, 5.74) is 3.79. The molecule has 1 aliphatic carbocycles. The Hall–Kier alpha value is -2.23. The summed E-state index contributed by atoms with van der Waals surface area (Å²) in [6.45, 7) is 0. The Kier molecular flexibility index (Phi) is 2.56. The average molecular weight is 314 g/mol. The average Bonchev–Trinajstić information content (AvgIpc) is 3.13. The molecule has 1 aromatic carbocycles. The largest absolute Gasteiger partial charge is 0.369 e. The molecule has 2 unspecified atom stereocenters. The van der Waals surface area contributed by atoms with Gasteiger partial charge in [0.15, 0.2) is 0 Å². The molecule has 0 radical (unpaired) electrons. The van der Waals surface area contributed by atoms with E-state index in [0.717, 1.165) is 22.5 Å². The lowest BCUT2D eigenvalue weighted by atomic mass is 10.0. The van der Waals surface area contributed by atoms with E-state index in [0.29, 0.717) is 0 Å². The number of aliphatic imine (C=N–C) groups is 1. The second-order valence-corrected chi connectivity index (χ2v) is 7.17. The number of benzene rings is 1. The Morgan fingerprint density at radius 2 is 2.24 bits per heavy atom. The normalized spacial score (nSPS) is 29.5. The summed E-state index contributed by atoms with van der Waals surface area (Å²) in [7, 11) is -2.47. The van der Waals surface area contributed by atoms with Gasteiger partial charge in [0.25, 0.3) is 5.69 Å². The van der Waals surface area contributed by atoms with Crippen molar-refractivity contribution in [2.24, 2.45) is 10.7 Å². The summed E-state index contributed by atoms with van der Waals surface area (Å²) in [5.74, 6) is -0.992. The van der Waals surface area contributed by atoms with E-state index in [9.17, 15) is 22.9 Å². The van der Waals surface area contributed by atoms with Gasteiger partial charge in [-0.3, -0.25) is 10.1 Å². The zero-order valence-corrected chi connectivity index (χ0v) is 11.7. The molecule has 1 aromatic rings. The monoisotopic (exact) mass is 314 g/mol. The van der Waals surface area contributed by atoms with Crippen molar-refractivity contribution in [1.82, 2.24) is 4.31 Å². The van der Waals surface area contributed by atoms with Gasteiger partial charge in [0.2, 0.25) is 16.0 Å². The van der Waals surface area contributed by atoms with Crippen LogP contribution < -0.4 is 5.73 Å². The number of guanidine groups is 1. The predicted octanol–water partition coefficient (Wildman–Crippen LogP) is 0.291. The number of hydrogen-bond donors (Lipinski definition) is 1. The number of fused-ring (bicyclic) bond motifs is 1. The predicted molar refractivity (Wildman–Crippen MR) is 71.4 cm³/mol. The molecule has 1 fully saturated rings. The van der Waals surface area contributed by atoms with Crippen LogP contribution >= 0.6 is 0 Å². The topological polar surface area (TPSA) is 119 Å². The smallest absolute Gasteiger partial charge is 0.270 e. The maximum absolute atomic E-state index is 14.0. The van der Waals surface area contributed by atoms with Crippen molar-refractivity contribution in [3.63, 3.8) is 0 Å². The van der Waals surface area contributed by atoms with Crippen LogP contribution in [0, 0.1) is 15.9 Å². The van der Waals surface area contributed by atoms with Crippen LogP contribution in [0.1, 0.15) is 12.0 Å². The minimum absolute atomic E-state index is 0.0540. The van der Waals surface area contributed by atoms with Crippen molar-refractivity contribution in [3.05, 3.63) is 39.7 Å². The molecule has 0 aromatic heterocycles. The molecule has 3 rings (SSSR count). The highest BCUT2D eigenvalue weighted by Gasteiger charge is 2.67. The number of sulfonamides is 1. The van der Waals surface area contributed by atoms with Crippen molar-refractivity contribution in [2.45, 2.75) is 17.2 Å². The standard InChI is InChI=1S/C11H11FN4O4S/c1-15-10(13)14-11(5-9(11)21(15,19)20)7-4-6(16(17)18)2-3-8(7)12/h2-4,9H,5H2,1H3,(H2,13,14). The molecule has 0 spiro atoms. The van der Waals surface area contributed by atoms with Gasteiger partial charge >= 0.3 is 0 Å². The van der Waals surface area contributed by atoms with Gasteiger partial charge < -0.3 is 5.73 Å². The first kappa shape index (κ1) is 13.7. The molecule has 112 valence electrons. The summed E-state index contributed by atoms with van der Waals surface area (Å²) in [5, 5.41) is 9.86. The number of nitro benzene ring substituents is 1. The van der Waals surface area contributed by atoms with E-state index in [1.165, 1.54) is 7.05 Å². The summed E-state index contributed by atoms with van der Waals surface area (Å²) in [6.07, 6.45) is 0.0540. The first-order valence-corrected chi connectivity index (χ1v) is 7.48. The van der Waals surface area contributed by atoms with Crippen LogP contribution in [-0.4, -0.2) is 35.9 Å². The highest BCUT2D eigenvalue weighted by atomic mass is 32.2. The molecule has 1 aliphatic heterocycles. The fourth-order valence-corrected chi connectivity index (χ4v) is 4.41. The van der Waals surface area contributed by atoms with Gasteiger partial charge in [-0.05, 0) is 12.5 Å². The number of nitro groups is 1. The molecule has 10 heteroatoms. The number of hydrogen-bond acceptors (Lipinski definition) is 6. The fraction of sp³-hybridized carbons (Fsp3) is 0.364. The molecular weight excluding hydrogens is 303 g/mol. The maximum Gasteiger partial charge on any atom is 0.270 e. The van der Waals surface area contributed by atoms with E-state index in [2.05, 4.69) is 4.99 Å². The second kappa shape index (κ2) is 3.91. The Morgan fingerprint density at radius 1 is 1.57 bits per heavy atom. The molecule has 0 bridgehead atoms. The highest BCUT2D eigenvalue weighted by molar-refractivity contribution is 7.90. The van der Waals surface area contributed by atoms with Crippen LogP contribution in [0.25, 0.3) is 0 Å². The SMILES string of the molecule is CN1C(N)=NC2(c3cc([N+](=O)[O-])ccc3F)CC2S1(=O)=O. The summed E-state index contributed by atoms with van der Waals surface area (Å²) < 4.78 is 39.2.